The Morgan fingerprint density at radius 2 is 1.57 bits per heavy atom. The lowest BCUT2D eigenvalue weighted by Gasteiger charge is -2.35. The summed E-state index contributed by atoms with van der Waals surface area (Å²) in [5.41, 5.74) is 1.79. The molecule has 0 bridgehead atoms. The van der Waals surface area contributed by atoms with Gasteiger partial charge in [0.2, 0.25) is 15.9 Å². The standard InChI is InChI=1S/C21H20BrN3O4S/c1-15-16-6-2-3-7-17(16)21(27)25(15)14-20(26)23-10-12-24(13-11-23)30(28,29)19-9-5-4-8-18(19)22/h2-9H,1,10-14H2. The number of hydrogen-bond donors (Lipinski definition) is 0. The largest absolute Gasteiger partial charge is 0.338 e. The average molecular weight is 490 g/mol. The van der Waals surface area contributed by atoms with Crippen molar-refractivity contribution in [2.24, 2.45) is 0 Å². The number of fused-ring (bicyclic) bond motifs is 1. The highest BCUT2D eigenvalue weighted by Crippen LogP contribution is 2.31. The molecule has 0 N–H and O–H groups in total. The molecule has 30 heavy (non-hydrogen) atoms. The van der Waals surface area contributed by atoms with Gasteiger partial charge < -0.3 is 4.90 Å². The highest BCUT2D eigenvalue weighted by Gasteiger charge is 2.35. The molecule has 1 saturated heterocycles. The molecule has 0 spiro atoms. The second kappa shape index (κ2) is 7.98. The molecule has 2 heterocycles. The summed E-state index contributed by atoms with van der Waals surface area (Å²) < 4.78 is 27.7. The van der Waals surface area contributed by atoms with Crippen molar-refractivity contribution >= 4 is 43.5 Å². The summed E-state index contributed by atoms with van der Waals surface area (Å²) in [7, 11) is -3.65. The third kappa shape index (κ3) is 3.57. The summed E-state index contributed by atoms with van der Waals surface area (Å²) in [6, 6.07) is 13.8. The molecular formula is C21H20BrN3O4S. The summed E-state index contributed by atoms with van der Waals surface area (Å²) in [4.78, 5) is 28.6. The first-order valence-electron chi connectivity index (χ1n) is 9.43. The molecule has 2 aliphatic heterocycles. The van der Waals surface area contributed by atoms with Gasteiger partial charge in [-0.2, -0.15) is 4.31 Å². The van der Waals surface area contributed by atoms with E-state index in [1.807, 2.05) is 12.1 Å². The molecule has 156 valence electrons. The Morgan fingerprint density at radius 3 is 2.20 bits per heavy atom. The van der Waals surface area contributed by atoms with Gasteiger partial charge in [-0.3, -0.25) is 14.5 Å². The van der Waals surface area contributed by atoms with E-state index in [-0.39, 0.29) is 49.4 Å². The molecule has 9 heteroatoms. The van der Waals surface area contributed by atoms with Crippen molar-refractivity contribution in [2.75, 3.05) is 32.7 Å². The Hall–Kier alpha value is -2.49. The Bertz CT molecular complexity index is 1110. The lowest BCUT2D eigenvalue weighted by Crippen LogP contribution is -2.52. The first kappa shape index (κ1) is 20.8. The maximum atomic E-state index is 12.9. The molecule has 4 rings (SSSR count). The van der Waals surface area contributed by atoms with Gasteiger partial charge in [0, 0.05) is 47.5 Å². The first-order valence-corrected chi connectivity index (χ1v) is 11.7. The Labute approximate surface area is 183 Å². The molecule has 1 fully saturated rings. The third-order valence-electron chi connectivity index (χ3n) is 5.38. The molecule has 0 radical (unpaired) electrons. The van der Waals surface area contributed by atoms with Crippen LogP contribution in [0.25, 0.3) is 5.70 Å². The monoisotopic (exact) mass is 489 g/mol. The lowest BCUT2D eigenvalue weighted by molar-refractivity contribution is -0.132. The quantitative estimate of drug-likeness (QED) is 0.660. The number of nitrogens with zero attached hydrogens (tertiary/aromatic N) is 3. The molecular weight excluding hydrogens is 470 g/mol. The fraction of sp³-hybridized carbons (Fsp3) is 0.238. The number of hydrogen-bond acceptors (Lipinski definition) is 4. The van der Waals surface area contributed by atoms with E-state index in [9.17, 15) is 18.0 Å². The van der Waals surface area contributed by atoms with Gasteiger partial charge >= 0.3 is 0 Å². The van der Waals surface area contributed by atoms with E-state index < -0.39 is 10.0 Å². The van der Waals surface area contributed by atoms with Crippen molar-refractivity contribution in [3.63, 3.8) is 0 Å². The smallest absolute Gasteiger partial charge is 0.259 e. The first-order chi connectivity index (χ1) is 14.3. The molecule has 0 aliphatic carbocycles. The Balaban J connectivity index is 1.40. The van der Waals surface area contributed by atoms with Crippen LogP contribution in [0.5, 0.6) is 0 Å². The number of piperazine rings is 1. The van der Waals surface area contributed by atoms with Crippen molar-refractivity contribution in [3.8, 4) is 0 Å². The second-order valence-corrected chi connectivity index (χ2v) is 9.86. The zero-order valence-corrected chi connectivity index (χ0v) is 18.5. The van der Waals surface area contributed by atoms with Gasteiger partial charge in [-0.15, -0.1) is 0 Å². The number of carbonyl (C=O) groups is 2. The van der Waals surface area contributed by atoms with E-state index in [0.717, 1.165) is 5.56 Å². The zero-order chi connectivity index (χ0) is 21.5. The fourth-order valence-corrected chi connectivity index (χ4v) is 6.09. The topological polar surface area (TPSA) is 78.0 Å². The summed E-state index contributed by atoms with van der Waals surface area (Å²) in [6.45, 7) is 4.78. The molecule has 2 aromatic rings. The van der Waals surface area contributed by atoms with Crippen LogP contribution in [0.15, 0.2) is 64.5 Å². The molecule has 0 unspecified atom stereocenters. The summed E-state index contributed by atoms with van der Waals surface area (Å²) in [6.07, 6.45) is 0. The molecule has 2 amide bonds. The fourth-order valence-electron chi connectivity index (χ4n) is 3.71. The third-order valence-corrected chi connectivity index (χ3v) is 8.29. The number of sulfonamides is 1. The molecule has 2 aromatic carbocycles. The van der Waals surface area contributed by atoms with E-state index in [1.54, 1.807) is 41.3 Å². The minimum atomic E-state index is -3.65. The van der Waals surface area contributed by atoms with Crippen LogP contribution in [0.2, 0.25) is 0 Å². The highest BCUT2D eigenvalue weighted by atomic mass is 79.9. The van der Waals surface area contributed by atoms with Crippen LogP contribution in [0, 0.1) is 0 Å². The molecule has 0 saturated carbocycles. The second-order valence-electron chi connectivity index (χ2n) is 7.10. The van der Waals surface area contributed by atoms with Gasteiger partial charge in [-0.1, -0.05) is 36.9 Å². The Morgan fingerprint density at radius 1 is 0.967 bits per heavy atom. The predicted octanol–water partition coefficient (Wildman–Crippen LogP) is 2.41. The van der Waals surface area contributed by atoms with Gasteiger partial charge in [-0.25, -0.2) is 8.42 Å². The van der Waals surface area contributed by atoms with Gasteiger partial charge in [0.05, 0.1) is 4.90 Å². The van der Waals surface area contributed by atoms with Crippen LogP contribution >= 0.6 is 15.9 Å². The van der Waals surface area contributed by atoms with E-state index in [0.29, 0.717) is 15.7 Å². The molecule has 2 aliphatic rings. The van der Waals surface area contributed by atoms with E-state index in [1.165, 1.54) is 9.21 Å². The molecule has 7 nitrogen and oxygen atoms in total. The van der Waals surface area contributed by atoms with Crippen LogP contribution in [0.1, 0.15) is 15.9 Å². The van der Waals surface area contributed by atoms with Crippen molar-refractivity contribution in [1.29, 1.82) is 0 Å². The zero-order valence-electron chi connectivity index (χ0n) is 16.1. The molecule has 0 atom stereocenters. The number of halogens is 1. The van der Waals surface area contributed by atoms with Gasteiger partial charge in [0.25, 0.3) is 5.91 Å². The normalized spacial score (nSPS) is 17.4. The number of rotatable bonds is 4. The lowest BCUT2D eigenvalue weighted by atomic mass is 10.1. The van der Waals surface area contributed by atoms with Gasteiger partial charge in [-0.05, 0) is 34.1 Å². The van der Waals surface area contributed by atoms with Crippen LogP contribution in [0.4, 0.5) is 0 Å². The number of amides is 2. The van der Waals surface area contributed by atoms with E-state index in [4.69, 9.17) is 0 Å². The summed E-state index contributed by atoms with van der Waals surface area (Å²) >= 11 is 3.29. The van der Waals surface area contributed by atoms with Crippen molar-refractivity contribution in [2.45, 2.75) is 4.90 Å². The predicted molar refractivity (Wildman–Crippen MR) is 116 cm³/mol. The van der Waals surface area contributed by atoms with E-state index >= 15 is 0 Å². The maximum absolute atomic E-state index is 12.9. The maximum Gasteiger partial charge on any atom is 0.259 e. The SMILES string of the molecule is C=C1c2ccccc2C(=O)N1CC(=O)N1CCN(S(=O)(=O)c2ccccc2Br)CC1. The average Bonchev–Trinajstić information content (AvgIpc) is 2.99. The minimum absolute atomic E-state index is 0.108. The number of carbonyl (C=O) groups excluding carboxylic acids is 2. The van der Waals surface area contributed by atoms with Crippen molar-refractivity contribution < 1.29 is 18.0 Å². The van der Waals surface area contributed by atoms with Gasteiger partial charge in [0.1, 0.15) is 6.54 Å². The van der Waals surface area contributed by atoms with Crippen molar-refractivity contribution in [1.82, 2.24) is 14.1 Å². The molecule has 0 aromatic heterocycles. The number of benzene rings is 2. The summed E-state index contributed by atoms with van der Waals surface area (Å²) in [5.74, 6) is -0.464. The van der Waals surface area contributed by atoms with Crippen LogP contribution in [0.3, 0.4) is 0 Å². The minimum Gasteiger partial charge on any atom is -0.338 e. The summed E-state index contributed by atoms with van der Waals surface area (Å²) in [5, 5.41) is 0. The van der Waals surface area contributed by atoms with Crippen LogP contribution in [-0.2, 0) is 14.8 Å². The van der Waals surface area contributed by atoms with Crippen molar-refractivity contribution in [3.05, 3.63) is 70.7 Å². The van der Waals surface area contributed by atoms with Crippen LogP contribution in [-0.4, -0.2) is 67.1 Å². The van der Waals surface area contributed by atoms with Gasteiger partial charge in [0.15, 0.2) is 0 Å². The van der Waals surface area contributed by atoms with E-state index in [2.05, 4.69) is 22.5 Å². The highest BCUT2D eigenvalue weighted by molar-refractivity contribution is 9.10. The van der Waals surface area contributed by atoms with Crippen LogP contribution < -0.4 is 0 Å². The Kier molecular flexibility index (Phi) is 5.52.